The van der Waals surface area contributed by atoms with Crippen molar-refractivity contribution in [2.75, 3.05) is 0 Å². The van der Waals surface area contributed by atoms with Gasteiger partial charge >= 0.3 is 0 Å². The predicted molar refractivity (Wildman–Crippen MR) is 97.3 cm³/mol. The molecule has 1 atom stereocenters. The third-order valence-corrected chi connectivity index (χ3v) is 4.79. The molecule has 1 heterocycles. The van der Waals surface area contributed by atoms with Gasteiger partial charge in [0.05, 0.1) is 0 Å². The summed E-state index contributed by atoms with van der Waals surface area (Å²) in [5, 5.41) is 0. The first-order valence-corrected chi connectivity index (χ1v) is 9.76. The molecule has 0 spiro atoms. The number of imidazole rings is 1. The molecular formula is C20H38N2. The van der Waals surface area contributed by atoms with E-state index < -0.39 is 0 Å². The Morgan fingerprint density at radius 3 is 1.91 bits per heavy atom. The van der Waals surface area contributed by atoms with Crippen LogP contribution in [-0.4, -0.2) is 9.55 Å². The Bertz CT molecular complexity index is 356. The van der Waals surface area contributed by atoms with Crippen molar-refractivity contribution in [2.24, 2.45) is 7.05 Å². The molecular weight excluding hydrogens is 268 g/mol. The van der Waals surface area contributed by atoms with Crippen LogP contribution in [0.4, 0.5) is 0 Å². The highest BCUT2D eigenvalue weighted by molar-refractivity contribution is 4.99. The Morgan fingerprint density at radius 1 is 0.818 bits per heavy atom. The fraction of sp³-hybridized carbons (Fsp3) is 0.850. The fourth-order valence-electron chi connectivity index (χ4n) is 3.32. The molecule has 1 rings (SSSR count). The average Bonchev–Trinajstić information content (AvgIpc) is 2.94. The molecule has 1 unspecified atom stereocenters. The summed E-state index contributed by atoms with van der Waals surface area (Å²) in [6, 6.07) is 0. The van der Waals surface area contributed by atoms with Gasteiger partial charge < -0.3 is 4.57 Å². The highest BCUT2D eigenvalue weighted by atomic mass is 15.0. The van der Waals surface area contributed by atoms with E-state index in [9.17, 15) is 0 Å². The zero-order valence-electron chi connectivity index (χ0n) is 15.3. The number of nitrogens with zero attached hydrogens (tertiary/aromatic N) is 2. The molecule has 128 valence electrons. The molecule has 0 saturated heterocycles. The zero-order valence-corrected chi connectivity index (χ0v) is 15.3. The standard InChI is InChI=1S/C20H38N2/c1-4-6-8-9-10-11-12-13-14-16-19(15-7-5-2)20-21-17-18-22(20)3/h17-19H,4-16H2,1-3H3. The maximum atomic E-state index is 4.59. The van der Waals surface area contributed by atoms with Crippen molar-refractivity contribution in [3.63, 3.8) is 0 Å². The van der Waals surface area contributed by atoms with Gasteiger partial charge in [-0.1, -0.05) is 84.5 Å². The summed E-state index contributed by atoms with van der Waals surface area (Å²) < 4.78 is 2.22. The van der Waals surface area contributed by atoms with Crippen LogP contribution in [0.2, 0.25) is 0 Å². The van der Waals surface area contributed by atoms with Crippen LogP contribution in [0, 0.1) is 0 Å². The fourth-order valence-corrected chi connectivity index (χ4v) is 3.32. The molecule has 0 bridgehead atoms. The van der Waals surface area contributed by atoms with Gasteiger partial charge in [-0.25, -0.2) is 4.98 Å². The molecule has 0 aliphatic rings. The van der Waals surface area contributed by atoms with Gasteiger partial charge in [0.1, 0.15) is 5.82 Å². The van der Waals surface area contributed by atoms with Crippen molar-refractivity contribution in [3.05, 3.63) is 18.2 Å². The molecule has 22 heavy (non-hydrogen) atoms. The molecule has 1 aromatic heterocycles. The second kappa shape index (κ2) is 12.7. The van der Waals surface area contributed by atoms with E-state index in [4.69, 9.17) is 0 Å². The minimum absolute atomic E-state index is 0.671. The third-order valence-electron chi connectivity index (χ3n) is 4.79. The van der Waals surface area contributed by atoms with Gasteiger partial charge in [-0.15, -0.1) is 0 Å². The topological polar surface area (TPSA) is 17.8 Å². The van der Waals surface area contributed by atoms with E-state index >= 15 is 0 Å². The molecule has 1 aromatic rings. The number of hydrogen-bond acceptors (Lipinski definition) is 1. The van der Waals surface area contributed by atoms with E-state index in [0.717, 1.165) is 0 Å². The number of aromatic nitrogens is 2. The maximum absolute atomic E-state index is 4.59. The highest BCUT2D eigenvalue weighted by Crippen LogP contribution is 2.26. The van der Waals surface area contributed by atoms with Crippen molar-refractivity contribution < 1.29 is 0 Å². The lowest BCUT2D eigenvalue weighted by molar-refractivity contribution is 0.473. The Hall–Kier alpha value is -0.790. The van der Waals surface area contributed by atoms with Gasteiger partial charge in [0.25, 0.3) is 0 Å². The van der Waals surface area contributed by atoms with Crippen molar-refractivity contribution in [1.29, 1.82) is 0 Å². The Morgan fingerprint density at radius 2 is 1.36 bits per heavy atom. The maximum Gasteiger partial charge on any atom is 0.111 e. The van der Waals surface area contributed by atoms with E-state index in [-0.39, 0.29) is 0 Å². The monoisotopic (exact) mass is 306 g/mol. The highest BCUT2D eigenvalue weighted by Gasteiger charge is 2.14. The Labute approximate surface area is 138 Å². The molecule has 2 heteroatoms. The predicted octanol–water partition coefficient (Wildman–Crippen LogP) is 6.61. The van der Waals surface area contributed by atoms with Gasteiger partial charge in [-0.05, 0) is 12.8 Å². The van der Waals surface area contributed by atoms with Crippen LogP contribution in [0.25, 0.3) is 0 Å². The van der Waals surface area contributed by atoms with E-state index in [2.05, 4.69) is 36.6 Å². The average molecular weight is 307 g/mol. The molecule has 0 aliphatic heterocycles. The van der Waals surface area contributed by atoms with Crippen LogP contribution in [0.5, 0.6) is 0 Å². The summed E-state index contributed by atoms with van der Waals surface area (Å²) in [6.07, 6.45) is 22.0. The summed E-state index contributed by atoms with van der Waals surface area (Å²) in [6.45, 7) is 4.57. The summed E-state index contributed by atoms with van der Waals surface area (Å²) in [4.78, 5) is 4.59. The van der Waals surface area contributed by atoms with Crippen LogP contribution < -0.4 is 0 Å². The molecule has 0 aromatic carbocycles. The van der Waals surface area contributed by atoms with Gasteiger partial charge in [0.2, 0.25) is 0 Å². The van der Waals surface area contributed by atoms with E-state index in [1.54, 1.807) is 0 Å². The van der Waals surface area contributed by atoms with Crippen LogP contribution >= 0.6 is 0 Å². The molecule has 0 aliphatic carbocycles. The molecule has 0 radical (unpaired) electrons. The van der Waals surface area contributed by atoms with Crippen molar-refractivity contribution >= 4 is 0 Å². The van der Waals surface area contributed by atoms with Crippen molar-refractivity contribution in [1.82, 2.24) is 9.55 Å². The third kappa shape index (κ3) is 8.00. The second-order valence-electron chi connectivity index (χ2n) is 6.85. The first kappa shape index (κ1) is 19.3. The lowest BCUT2D eigenvalue weighted by atomic mass is 9.94. The Kier molecular flexibility index (Phi) is 11.1. The van der Waals surface area contributed by atoms with Crippen LogP contribution in [0.3, 0.4) is 0 Å². The normalized spacial score (nSPS) is 12.7. The number of unbranched alkanes of at least 4 members (excludes halogenated alkanes) is 9. The van der Waals surface area contributed by atoms with Gasteiger partial charge in [-0.2, -0.15) is 0 Å². The van der Waals surface area contributed by atoms with E-state index in [1.165, 1.54) is 89.3 Å². The van der Waals surface area contributed by atoms with Crippen LogP contribution in [0.1, 0.15) is 109 Å². The molecule has 0 fully saturated rings. The summed E-state index contributed by atoms with van der Waals surface area (Å²) in [5.74, 6) is 1.97. The summed E-state index contributed by atoms with van der Waals surface area (Å²) in [5.41, 5.74) is 0. The van der Waals surface area contributed by atoms with Gasteiger partial charge in [0, 0.05) is 25.4 Å². The van der Waals surface area contributed by atoms with Gasteiger partial charge in [0.15, 0.2) is 0 Å². The van der Waals surface area contributed by atoms with Crippen LogP contribution in [0.15, 0.2) is 12.4 Å². The SMILES string of the molecule is CCCCCCCCCCCC(CCCC)c1nccn1C. The number of rotatable bonds is 14. The van der Waals surface area contributed by atoms with E-state index in [1.807, 2.05) is 6.20 Å². The second-order valence-corrected chi connectivity index (χ2v) is 6.85. The number of aryl methyl sites for hydroxylation is 1. The van der Waals surface area contributed by atoms with Gasteiger partial charge in [-0.3, -0.25) is 0 Å². The lowest BCUT2D eigenvalue weighted by Gasteiger charge is -2.16. The molecule has 0 amide bonds. The quantitative estimate of drug-likeness (QED) is 0.353. The summed E-state index contributed by atoms with van der Waals surface area (Å²) in [7, 11) is 2.14. The largest absolute Gasteiger partial charge is 0.338 e. The molecule has 0 N–H and O–H groups in total. The van der Waals surface area contributed by atoms with Crippen LogP contribution in [-0.2, 0) is 7.05 Å². The van der Waals surface area contributed by atoms with Crippen molar-refractivity contribution in [3.8, 4) is 0 Å². The van der Waals surface area contributed by atoms with E-state index in [0.29, 0.717) is 5.92 Å². The minimum Gasteiger partial charge on any atom is -0.338 e. The first-order chi connectivity index (χ1) is 10.8. The number of hydrogen-bond donors (Lipinski definition) is 0. The molecule has 2 nitrogen and oxygen atoms in total. The molecule has 0 saturated carbocycles. The lowest BCUT2D eigenvalue weighted by Crippen LogP contribution is -2.06. The smallest absolute Gasteiger partial charge is 0.111 e. The summed E-state index contributed by atoms with van der Waals surface area (Å²) >= 11 is 0. The minimum atomic E-state index is 0.671. The Balaban J connectivity index is 2.15. The zero-order chi connectivity index (χ0) is 16.0. The van der Waals surface area contributed by atoms with Crippen molar-refractivity contribution in [2.45, 2.75) is 103 Å². The first-order valence-electron chi connectivity index (χ1n) is 9.76.